The van der Waals surface area contributed by atoms with Gasteiger partial charge in [0, 0.05) is 24.4 Å². The van der Waals surface area contributed by atoms with E-state index in [1.165, 1.54) is 29.3 Å². The van der Waals surface area contributed by atoms with Gasteiger partial charge >= 0.3 is 5.97 Å². The summed E-state index contributed by atoms with van der Waals surface area (Å²) in [5.74, 6) is -1.43. The van der Waals surface area contributed by atoms with Crippen molar-refractivity contribution < 1.29 is 19.2 Å². The van der Waals surface area contributed by atoms with E-state index in [0.717, 1.165) is 31.5 Å². The first kappa shape index (κ1) is 29.8. The van der Waals surface area contributed by atoms with Crippen LogP contribution in [0.15, 0.2) is 59.6 Å². The fourth-order valence-corrected chi connectivity index (χ4v) is 5.99. The second-order valence-corrected chi connectivity index (χ2v) is 10.6. The number of nitro groups is 1. The highest BCUT2D eigenvalue weighted by Crippen LogP contribution is 2.37. The SMILES string of the molecule is COC(=O)C1C(C)=NC(=S)N(N(C=O)CCCN2CCC(C#N)(c3ccccc3)CC2)C1c1ccc([N+](=O)[O-])cc1. The number of methoxy groups -OCH3 is 1. The molecule has 0 aliphatic carbocycles. The van der Waals surface area contributed by atoms with E-state index in [0.29, 0.717) is 37.2 Å². The average Bonchev–Trinajstić information content (AvgIpc) is 3.00. The van der Waals surface area contributed by atoms with Crippen LogP contribution in [0.5, 0.6) is 0 Å². The molecule has 2 aliphatic heterocycles. The van der Waals surface area contributed by atoms with Crippen molar-refractivity contribution in [2.24, 2.45) is 10.9 Å². The number of benzene rings is 2. The summed E-state index contributed by atoms with van der Waals surface area (Å²) in [6.07, 6.45) is 2.71. The Balaban J connectivity index is 1.49. The largest absolute Gasteiger partial charge is 0.468 e. The third kappa shape index (κ3) is 6.26. The first-order valence-corrected chi connectivity index (χ1v) is 13.8. The number of thiocarbonyl (C=S) groups is 1. The molecular formula is C29H32N6O5S. The number of hydrogen-bond acceptors (Lipinski definition) is 8. The van der Waals surface area contributed by atoms with Gasteiger partial charge in [0.2, 0.25) is 11.5 Å². The molecule has 2 aliphatic rings. The first-order valence-electron chi connectivity index (χ1n) is 13.4. The van der Waals surface area contributed by atoms with E-state index in [-0.39, 0.29) is 10.8 Å². The summed E-state index contributed by atoms with van der Waals surface area (Å²) < 4.78 is 5.05. The van der Waals surface area contributed by atoms with Crippen LogP contribution in [0.3, 0.4) is 0 Å². The van der Waals surface area contributed by atoms with E-state index >= 15 is 0 Å². The van der Waals surface area contributed by atoms with Gasteiger partial charge in [-0.05, 0) is 69.2 Å². The van der Waals surface area contributed by atoms with Crippen molar-refractivity contribution in [2.45, 2.75) is 37.6 Å². The Kier molecular flexibility index (Phi) is 9.42. The van der Waals surface area contributed by atoms with E-state index in [4.69, 9.17) is 17.0 Å². The van der Waals surface area contributed by atoms with Crippen LogP contribution in [0, 0.1) is 27.4 Å². The van der Waals surface area contributed by atoms with Crippen LogP contribution in [0.1, 0.15) is 43.4 Å². The van der Waals surface area contributed by atoms with Crippen LogP contribution in [-0.4, -0.2) is 76.3 Å². The second-order valence-electron chi connectivity index (χ2n) is 10.2. The van der Waals surface area contributed by atoms with E-state index in [2.05, 4.69) is 16.0 Å². The molecule has 214 valence electrons. The number of nitrogens with zero attached hydrogens (tertiary/aromatic N) is 6. The zero-order valence-corrected chi connectivity index (χ0v) is 23.8. The van der Waals surface area contributed by atoms with Gasteiger partial charge in [0.05, 0.1) is 29.6 Å². The fraction of sp³-hybridized carbons (Fsp3) is 0.414. The molecule has 2 atom stereocenters. The van der Waals surface area contributed by atoms with Crippen LogP contribution >= 0.6 is 12.2 Å². The Morgan fingerprint density at radius 2 is 1.90 bits per heavy atom. The summed E-state index contributed by atoms with van der Waals surface area (Å²) in [5, 5.41) is 24.2. The normalized spacial score (nSPS) is 20.5. The number of likely N-dealkylation sites (tertiary alicyclic amines) is 1. The summed E-state index contributed by atoms with van der Waals surface area (Å²) in [6.45, 7) is 4.18. The van der Waals surface area contributed by atoms with Crippen molar-refractivity contribution in [1.29, 1.82) is 5.26 Å². The molecule has 1 saturated heterocycles. The predicted molar refractivity (Wildman–Crippen MR) is 156 cm³/mol. The van der Waals surface area contributed by atoms with Crippen LogP contribution < -0.4 is 0 Å². The second kappa shape index (κ2) is 13.0. The number of nitro benzene ring substituents is 1. The third-order valence-electron chi connectivity index (χ3n) is 7.91. The molecule has 4 rings (SSSR count). The lowest BCUT2D eigenvalue weighted by molar-refractivity contribution is -0.384. The van der Waals surface area contributed by atoms with Gasteiger partial charge in [0.1, 0.15) is 5.92 Å². The highest BCUT2D eigenvalue weighted by Gasteiger charge is 2.44. The number of carbonyl (C=O) groups is 2. The van der Waals surface area contributed by atoms with Crippen molar-refractivity contribution >= 4 is 41.1 Å². The molecule has 2 heterocycles. The number of ether oxygens (including phenoxy) is 1. The molecule has 1 fully saturated rings. The van der Waals surface area contributed by atoms with E-state index in [1.54, 1.807) is 19.1 Å². The number of esters is 1. The van der Waals surface area contributed by atoms with Gasteiger partial charge in [-0.3, -0.25) is 24.7 Å². The highest BCUT2D eigenvalue weighted by atomic mass is 32.1. The molecular weight excluding hydrogens is 544 g/mol. The number of rotatable bonds is 10. The highest BCUT2D eigenvalue weighted by molar-refractivity contribution is 7.80. The fourth-order valence-electron chi connectivity index (χ4n) is 5.63. The maximum absolute atomic E-state index is 12.9. The molecule has 0 bridgehead atoms. The van der Waals surface area contributed by atoms with Crippen molar-refractivity contribution in [3.63, 3.8) is 0 Å². The summed E-state index contributed by atoms with van der Waals surface area (Å²) in [4.78, 5) is 42.6. The minimum atomic E-state index is -0.880. The zero-order chi connectivity index (χ0) is 29.6. The lowest BCUT2D eigenvalue weighted by atomic mass is 9.74. The molecule has 0 aromatic heterocycles. The Labute approximate surface area is 244 Å². The zero-order valence-electron chi connectivity index (χ0n) is 23.0. The van der Waals surface area contributed by atoms with Crippen molar-refractivity contribution in [3.8, 4) is 6.07 Å². The Morgan fingerprint density at radius 1 is 1.24 bits per heavy atom. The maximum atomic E-state index is 12.9. The third-order valence-corrected chi connectivity index (χ3v) is 8.19. The van der Waals surface area contributed by atoms with Crippen molar-refractivity contribution in [3.05, 3.63) is 75.8 Å². The van der Waals surface area contributed by atoms with Crippen LogP contribution in [0.4, 0.5) is 5.69 Å². The molecule has 0 spiro atoms. The molecule has 0 radical (unpaired) electrons. The number of aliphatic imine (C=N–C) groups is 1. The predicted octanol–water partition coefficient (Wildman–Crippen LogP) is 3.81. The Morgan fingerprint density at radius 3 is 2.46 bits per heavy atom. The van der Waals surface area contributed by atoms with E-state index in [9.17, 15) is 25.0 Å². The van der Waals surface area contributed by atoms with Crippen LogP contribution in [0.2, 0.25) is 0 Å². The molecule has 41 heavy (non-hydrogen) atoms. The molecule has 2 aromatic carbocycles. The minimum Gasteiger partial charge on any atom is -0.468 e. The topological polar surface area (TPSA) is 132 Å². The van der Waals surface area contributed by atoms with Gasteiger partial charge in [-0.2, -0.15) is 5.26 Å². The Hall–Kier alpha value is -4.21. The minimum absolute atomic E-state index is 0.0971. The summed E-state index contributed by atoms with van der Waals surface area (Å²) in [6, 6.07) is 17.5. The number of piperidine rings is 1. The monoisotopic (exact) mass is 576 g/mol. The van der Waals surface area contributed by atoms with Gasteiger partial charge in [-0.15, -0.1) is 0 Å². The van der Waals surface area contributed by atoms with Gasteiger partial charge in [-0.1, -0.05) is 42.5 Å². The number of nitriles is 1. The van der Waals surface area contributed by atoms with Crippen molar-refractivity contribution in [1.82, 2.24) is 14.9 Å². The summed E-state index contributed by atoms with van der Waals surface area (Å²) in [7, 11) is 1.27. The van der Waals surface area contributed by atoms with E-state index in [1.807, 2.05) is 30.3 Å². The number of non-ortho nitro benzene ring substituents is 1. The quantitative estimate of drug-likeness (QED) is 0.136. The standard InChI is InChI=1S/C29H32N6O5S/c1-21-25(27(37)40-2)26(22-9-11-24(12-10-22)35(38)39)34(28(41)31-21)33(20-36)16-6-15-32-17-13-29(19-30,14-18-32)23-7-4-3-5-8-23/h3-5,7-12,20,25-26H,6,13-18H2,1-2H3. The van der Waals surface area contributed by atoms with Crippen molar-refractivity contribution in [2.75, 3.05) is 33.3 Å². The first-order chi connectivity index (χ1) is 19.7. The maximum Gasteiger partial charge on any atom is 0.316 e. The molecule has 2 aromatic rings. The van der Waals surface area contributed by atoms with E-state index < -0.39 is 28.3 Å². The van der Waals surface area contributed by atoms with Crippen LogP contribution in [0.25, 0.3) is 0 Å². The van der Waals surface area contributed by atoms with Gasteiger partial charge in [-0.25, -0.2) is 10.0 Å². The Bertz CT molecular complexity index is 1350. The van der Waals surface area contributed by atoms with Gasteiger partial charge in [0.15, 0.2) is 0 Å². The van der Waals surface area contributed by atoms with Gasteiger partial charge < -0.3 is 9.64 Å². The lowest BCUT2D eigenvalue weighted by Gasteiger charge is -2.44. The lowest BCUT2D eigenvalue weighted by Crippen LogP contribution is -2.54. The molecule has 12 heteroatoms. The summed E-state index contributed by atoms with van der Waals surface area (Å²) >= 11 is 5.56. The molecule has 0 saturated carbocycles. The molecule has 1 amide bonds. The average molecular weight is 577 g/mol. The van der Waals surface area contributed by atoms with Crippen LogP contribution in [-0.2, 0) is 19.7 Å². The number of hydrogen-bond donors (Lipinski definition) is 0. The number of amides is 1. The molecule has 11 nitrogen and oxygen atoms in total. The molecule has 0 N–H and O–H groups in total. The summed E-state index contributed by atoms with van der Waals surface area (Å²) in [5.41, 5.74) is 1.43. The van der Waals surface area contributed by atoms with Gasteiger partial charge in [0.25, 0.3) is 5.69 Å². The number of carbonyl (C=O) groups excluding carboxylic acids is 2. The molecule has 2 unspecified atom stereocenters. The smallest absolute Gasteiger partial charge is 0.316 e. The number of hydrazine groups is 1.